The van der Waals surface area contributed by atoms with Crippen LogP contribution >= 0.6 is 0 Å². The molecule has 0 spiro atoms. The van der Waals surface area contributed by atoms with Crippen molar-refractivity contribution in [3.63, 3.8) is 0 Å². The van der Waals surface area contributed by atoms with E-state index in [-0.39, 0.29) is 11.5 Å². The van der Waals surface area contributed by atoms with Gasteiger partial charge in [0, 0.05) is 25.2 Å². The maximum Gasteiger partial charge on any atom is 0.251 e. The van der Waals surface area contributed by atoms with Crippen molar-refractivity contribution in [1.82, 2.24) is 9.62 Å². The molecule has 1 N–H and O–H groups in total. The molecule has 24 heavy (non-hydrogen) atoms. The molecule has 1 fully saturated rings. The number of carbonyl (C=O) groups excluding carboxylic acids is 1. The third-order valence-electron chi connectivity index (χ3n) is 4.19. The fourth-order valence-electron chi connectivity index (χ4n) is 2.77. The number of piperidine rings is 1. The predicted molar refractivity (Wildman–Crippen MR) is 90.9 cm³/mol. The van der Waals surface area contributed by atoms with Crippen LogP contribution in [0.3, 0.4) is 0 Å². The Morgan fingerprint density at radius 2 is 1.92 bits per heavy atom. The highest BCUT2D eigenvalue weighted by atomic mass is 32.2. The molecule has 5 nitrogen and oxygen atoms in total. The van der Waals surface area contributed by atoms with Gasteiger partial charge in [0.1, 0.15) is 10.7 Å². The largest absolute Gasteiger partial charge is 0.352 e. The number of nitrogens with one attached hydrogen (secondary N) is 1. The molecule has 0 saturated carbocycles. The number of unbranched alkanes of at least 4 members (excludes halogenated alkanes) is 2. The average molecular weight is 356 g/mol. The second-order valence-corrected chi connectivity index (χ2v) is 7.98. The fourth-order valence-corrected chi connectivity index (χ4v) is 4.37. The van der Waals surface area contributed by atoms with E-state index in [1.807, 2.05) is 0 Å². The second-order valence-electron chi connectivity index (χ2n) is 6.07. The predicted octanol–water partition coefficient (Wildman–Crippen LogP) is 2.92. The number of sulfonamides is 1. The number of amides is 1. The highest BCUT2D eigenvalue weighted by Crippen LogP contribution is 2.24. The molecule has 1 aliphatic rings. The molecule has 1 amide bonds. The molecule has 0 radical (unpaired) electrons. The second kappa shape index (κ2) is 8.58. The van der Waals surface area contributed by atoms with Crippen molar-refractivity contribution < 1.29 is 17.6 Å². The summed E-state index contributed by atoms with van der Waals surface area (Å²) in [6.45, 7) is 3.39. The Hall–Kier alpha value is -1.47. The topological polar surface area (TPSA) is 66.5 Å². The molecule has 1 saturated heterocycles. The van der Waals surface area contributed by atoms with E-state index in [0.717, 1.165) is 50.7 Å². The molecule has 0 atom stereocenters. The number of halogens is 1. The van der Waals surface area contributed by atoms with E-state index in [4.69, 9.17) is 0 Å². The zero-order valence-corrected chi connectivity index (χ0v) is 14.9. The van der Waals surface area contributed by atoms with Crippen molar-refractivity contribution in [2.24, 2.45) is 0 Å². The number of nitrogens with zero attached hydrogens (tertiary/aromatic N) is 1. The third-order valence-corrected chi connectivity index (χ3v) is 6.11. The van der Waals surface area contributed by atoms with Crippen LogP contribution in [0.5, 0.6) is 0 Å². The van der Waals surface area contributed by atoms with Gasteiger partial charge in [-0.05, 0) is 37.5 Å². The van der Waals surface area contributed by atoms with Gasteiger partial charge in [-0.15, -0.1) is 0 Å². The van der Waals surface area contributed by atoms with Gasteiger partial charge >= 0.3 is 0 Å². The van der Waals surface area contributed by atoms with Crippen LogP contribution in [0, 0.1) is 5.82 Å². The Labute approximate surface area is 143 Å². The van der Waals surface area contributed by atoms with E-state index in [2.05, 4.69) is 12.2 Å². The number of benzene rings is 1. The molecule has 1 aliphatic heterocycles. The van der Waals surface area contributed by atoms with E-state index < -0.39 is 20.7 Å². The molecule has 1 aromatic carbocycles. The monoisotopic (exact) mass is 356 g/mol. The fraction of sp³-hybridized carbons (Fsp3) is 0.588. The van der Waals surface area contributed by atoms with Gasteiger partial charge in [0.05, 0.1) is 0 Å². The van der Waals surface area contributed by atoms with Crippen molar-refractivity contribution in [2.45, 2.75) is 50.3 Å². The number of hydrogen-bond donors (Lipinski definition) is 1. The first-order valence-electron chi connectivity index (χ1n) is 8.54. The molecular weight excluding hydrogens is 331 g/mol. The first-order valence-corrected chi connectivity index (χ1v) is 9.98. The highest BCUT2D eigenvalue weighted by Gasteiger charge is 2.29. The lowest BCUT2D eigenvalue weighted by atomic mass is 10.2. The van der Waals surface area contributed by atoms with Gasteiger partial charge in [-0.25, -0.2) is 12.8 Å². The molecule has 1 aromatic rings. The lowest BCUT2D eigenvalue weighted by Gasteiger charge is -2.26. The summed E-state index contributed by atoms with van der Waals surface area (Å²) in [5.41, 5.74) is 0.170. The number of rotatable bonds is 7. The molecule has 0 bridgehead atoms. The zero-order chi connectivity index (χ0) is 17.6. The Morgan fingerprint density at radius 3 is 2.58 bits per heavy atom. The summed E-state index contributed by atoms with van der Waals surface area (Å²) in [6, 6.07) is 3.52. The minimum Gasteiger partial charge on any atom is -0.352 e. The smallest absolute Gasteiger partial charge is 0.251 e. The molecular formula is C17H25FN2O3S. The molecule has 0 aliphatic carbocycles. The van der Waals surface area contributed by atoms with Crippen molar-refractivity contribution >= 4 is 15.9 Å². The first-order chi connectivity index (χ1) is 11.5. The summed E-state index contributed by atoms with van der Waals surface area (Å²) in [5.74, 6) is -1.19. The van der Waals surface area contributed by atoms with Crippen molar-refractivity contribution in [3.05, 3.63) is 29.6 Å². The standard InChI is InChI=1S/C17H25FN2O3S/c1-2-3-5-10-19-17(21)14-8-9-15(18)16(13-14)24(22,23)20-11-6-4-7-12-20/h8-9,13H,2-7,10-12H2,1H3,(H,19,21). The van der Waals surface area contributed by atoms with E-state index >= 15 is 0 Å². The number of hydrogen-bond acceptors (Lipinski definition) is 3. The lowest BCUT2D eigenvalue weighted by molar-refractivity contribution is 0.0952. The summed E-state index contributed by atoms with van der Waals surface area (Å²) in [5, 5.41) is 2.74. The van der Waals surface area contributed by atoms with E-state index in [1.54, 1.807) is 0 Å². The molecule has 7 heteroatoms. The summed E-state index contributed by atoms with van der Waals surface area (Å²) in [7, 11) is -3.90. The first kappa shape index (κ1) is 18.9. The number of carbonyl (C=O) groups is 1. The van der Waals surface area contributed by atoms with Crippen molar-refractivity contribution in [3.8, 4) is 0 Å². The SMILES string of the molecule is CCCCCNC(=O)c1ccc(F)c(S(=O)(=O)N2CCCCC2)c1. The van der Waals surface area contributed by atoms with Crippen LogP contribution in [0.2, 0.25) is 0 Å². The van der Waals surface area contributed by atoms with Gasteiger partial charge < -0.3 is 5.32 Å². The quantitative estimate of drug-likeness (QED) is 0.764. The molecule has 0 aromatic heterocycles. The van der Waals surface area contributed by atoms with Gasteiger partial charge in [-0.1, -0.05) is 26.2 Å². The minimum atomic E-state index is -3.90. The van der Waals surface area contributed by atoms with Gasteiger partial charge in [0.25, 0.3) is 5.91 Å². The Bertz CT molecular complexity index is 670. The molecule has 1 heterocycles. The van der Waals surface area contributed by atoms with Crippen LogP contribution in [-0.4, -0.2) is 38.3 Å². The van der Waals surface area contributed by atoms with E-state index in [9.17, 15) is 17.6 Å². The summed E-state index contributed by atoms with van der Waals surface area (Å²) in [6.07, 6.45) is 5.46. The summed E-state index contributed by atoms with van der Waals surface area (Å²) >= 11 is 0. The molecule has 0 unspecified atom stereocenters. The average Bonchev–Trinajstić information content (AvgIpc) is 2.59. The van der Waals surface area contributed by atoms with Crippen LogP contribution in [0.25, 0.3) is 0 Å². The molecule has 2 rings (SSSR count). The van der Waals surface area contributed by atoms with Crippen LogP contribution in [0.1, 0.15) is 55.8 Å². The summed E-state index contributed by atoms with van der Waals surface area (Å²) in [4.78, 5) is 11.7. The normalized spacial score (nSPS) is 16.1. The van der Waals surface area contributed by atoms with Crippen LogP contribution < -0.4 is 5.32 Å². The maximum atomic E-state index is 14.1. The van der Waals surface area contributed by atoms with Gasteiger partial charge in [-0.3, -0.25) is 4.79 Å². The van der Waals surface area contributed by atoms with E-state index in [1.165, 1.54) is 10.4 Å². The zero-order valence-electron chi connectivity index (χ0n) is 14.1. The Morgan fingerprint density at radius 1 is 1.21 bits per heavy atom. The minimum absolute atomic E-state index is 0.170. The summed E-state index contributed by atoms with van der Waals surface area (Å²) < 4.78 is 40.7. The Balaban J connectivity index is 2.17. The molecule has 134 valence electrons. The lowest BCUT2D eigenvalue weighted by Crippen LogP contribution is -2.36. The van der Waals surface area contributed by atoms with Gasteiger partial charge in [0.15, 0.2) is 0 Å². The van der Waals surface area contributed by atoms with Crippen LogP contribution in [0.15, 0.2) is 23.1 Å². The van der Waals surface area contributed by atoms with Gasteiger partial charge in [0.2, 0.25) is 10.0 Å². The van der Waals surface area contributed by atoms with Gasteiger partial charge in [-0.2, -0.15) is 4.31 Å². The van der Waals surface area contributed by atoms with Crippen LogP contribution in [0.4, 0.5) is 4.39 Å². The third kappa shape index (κ3) is 4.54. The van der Waals surface area contributed by atoms with Crippen LogP contribution in [-0.2, 0) is 10.0 Å². The maximum absolute atomic E-state index is 14.1. The van der Waals surface area contributed by atoms with E-state index in [0.29, 0.717) is 19.6 Å². The Kier molecular flexibility index (Phi) is 6.74. The van der Waals surface area contributed by atoms with Crippen molar-refractivity contribution in [2.75, 3.05) is 19.6 Å². The highest BCUT2D eigenvalue weighted by molar-refractivity contribution is 7.89. The van der Waals surface area contributed by atoms with Crippen molar-refractivity contribution in [1.29, 1.82) is 0 Å².